The summed E-state index contributed by atoms with van der Waals surface area (Å²) in [7, 11) is 0. The summed E-state index contributed by atoms with van der Waals surface area (Å²) < 4.78 is 0. The standard InChI is InChI=1S/C15H13ClN2O3/c16-11-4-2-1-3-9(11)8-14(19)18-13-6-5-10(15(20)21)7-12(13)17/h1-7H,8,17H2,(H,18,19)(H,20,21). The molecule has 0 unspecified atom stereocenters. The summed E-state index contributed by atoms with van der Waals surface area (Å²) in [6.07, 6.45) is 0.111. The number of hydrogen-bond acceptors (Lipinski definition) is 3. The summed E-state index contributed by atoms with van der Waals surface area (Å²) in [6.45, 7) is 0. The largest absolute Gasteiger partial charge is 0.478 e. The lowest BCUT2D eigenvalue weighted by molar-refractivity contribution is -0.115. The molecule has 2 aromatic carbocycles. The first-order valence-electron chi connectivity index (χ1n) is 6.13. The van der Waals surface area contributed by atoms with Gasteiger partial charge in [-0.1, -0.05) is 29.8 Å². The number of halogens is 1. The van der Waals surface area contributed by atoms with Gasteiger partial charge < -0.3 is 16.2 Å². The zero-order valence-corrected chi connectivity index (χ0v) is 11.7. The van der Waals surface area contributed by atoms with Crippen LogP contribution >= 0.6 is 11.6 Å². The molecule has 2 aromatic rings. The van der Waals surface area contributed by atoms with Crippen molar-refractivity contribution in [2.24, 2.45) is 0 Å². The van der Waals surface area contributed by atoms with Gasteiger partial charge >= 0.3 is 5.97 Å². The summed E-state index contributed by atoms with van der Waals surface area (Å²) in [5.74, 6) is -1.35. The molecule has 0 heterocycles. The highest BCUT2D eigenvalue weighted by Gasteiger charge is 2.10. The van der Waals surface area contributed by atoms with Gasteiger partial charge in [0.25, 0.3) is 0 Å². The summed E-state index contributed by atoms with van der Waals surface area (Å²) >= 11 is 5.99. The lowest BCUT2D eigenvalue weighted by Gasteiger charge is -2.09. The Balaban J connectivity index is 2.10. The summed E-state index contributed by atoms with van der Waals surface area (Å²) in [4.78, 5) is 22.8. The maximum Gasteiger partial charge on any atom is 0.335 e. The van der Waals surface area contributed by atoms with Gasteiger partial charge in [0.05, 0.1) is 23.4 Å². The molecule has 0 spiro atoms. The van der Waals surface area contributed by atoms with Crippen LogP contribution in [0.3, 0.4) is 0 Å². The van der Waals surface area contributed by atoms with Gasteiger partial charge in [-0.05, 0) is 29.8 Å². The molecule has 0 aliphatic carbocycles. The molecular formula is C15H13ClN2O3. The third-order valence-corrected chi connectivity index (χ3v) is 3.25. The fourth-order valence-electron chi connectivity index (χ4n) is 1.82. The minimum Gasteiger partial charge on any atom is -0.478 e. The smallest absolute Gasteiger partial charge is 0.335 e. The number of anilines is 2. The maximum atomic E-state index is 12.0. The van der Waals surface area contributed by atoms with E-state index in [-0.39, 0.29) is 23.6 Å². The van der Waals surface area contributed by atoms with Gasteiger partial charge in [0, 0.05) is 5.02 Å². The van der Waals surface area contributed by atoms with Gasteiger partial charge in [0.2, 0.25) is 5.91 Å². The molecule has 0 atom stereocenters. The molecule has 0 saturated carbocycles. The van der Waals surface area contributed by atoms with E-state index in [2.05, 4.69) is 5.32 Å². The van der Waals surface area contributed by atoms with Crippen molar-refractivity contribution in [1.29, 1.82) is 0 Å². The normalized spacial score (nSPS) is 10.1. The lowest BCUT2D eigenvalue weighted by Crippen LogP contribution is -2.16. The van der Waals surface area contributed by atoms with Crippen molar-refractivity contribution in [2.75, 3.05) is 11.1 Å². The molecular weight excluding hydrogens is 292 g/mol. The number of benzene rings is 2. The minimum atomic E-state index is -1.07. The molecule has 0 radical (unpaired) electrons. The highest BCUT2D eigenvalue weighted by atomic mass is 35.5. The van der Waals surface area contributed by atoms with Crippen LogP contribution in [0.2, 0.25) is 5.02 Å². The molecule has 0 aromatic heterocycles. The molecule has 0 fully saturated rings. The average Bonchev–Trinajstić information content (AvgIpc) is 2.43. The summed E-state index contributed by atoms with van der Waals surface area (Å²) in [5.41, 5.74) is 7.07. The zero-order valence-electron chi connectivity index (χ0n) is 11.0. The van der Waals surface area contributed by atoms with E-state index in [0.29, 0.717) is 16.3 Å². The Kier molecular flexibility index (Phi) is 4.45. The fraction of sp³-hybridized carbons (Fsp3) is 0.0667. The third kappa shape index (κ3) is 3.73. The first-order chi connectivity index (χ1) is 9.97. The van der Waals surface area contributed by atoms with E-state index < -0.39 is 5.97 Å². The Morgan fingerprint density at radius 2 is 1.90 bits per heavy atom. The molecule has 0 aliphatic heterocycles. The number of amides is 1. The maximum absolute atomic E-state index is 12.0. The van der Waals surface area contributed by atoms with Crippen molar-refractivity contribution in [3.63, 3.8) is 0 Å². The number of carbonyl (C=O) groups is 2. The Labute approximate surface area is 126 Å². The number of aromatic carboxylic acids is 1. The summed E-state index contributed by atoms with van der Waals surface area (Å²) in [5, 5.41) is 12.0. The number of nitrogens with two attached hydrogens (primary N) is 1. The molecule has 1 amide bonds. The summed E-state index contributed by atoms with van der Waals surface area (Å²) in [6, 6.07) is 11.2. The monoisotopic (exact) mass is 304 g/mol. The van der Waals surface area contributed by atoms with E-state index in [0.717, 1.165) is 0 Å². The highest BCUT2D eigenvalue weighted by molar-refractivity contribution is 6.31. The topological polar surface area (TPSA) is 92.4 Å². The Hall–Kier alpha value is -2.53. The molecule has 0 aliphatic rings. The van der Waals surface area contributed by atoms with Gasteiger partial charge in [-0.25, -0.2) is 4.79 Å². The molecule has 2 rings (SSSR count). The van der Waals surface area contributed by atoms with E-state index in [1.807, 2.05) is 0 Å². The first kappa shape index (κ1) is 14.9. The van der Waals surface area contributed by atoms with E-state index >= 15 is 0 Å². The fourth-order valence-corrected chi connectivity index (χ4v) is 2.02. The van der Waals surface area contributed by atoms with Crippen LogP contribution < -0.4 is 11.1 Å². The van der Waals surface area contributed by atoms with Gasteiger partial charge in [0.1, 0.15) is 0 Å². The van der Waals surface area contributed by atoms with Crippen LogP contribution in [0.25, 0.3) is 0 Å². The number of nitrogens with one attached hydrogen (secondary N) is 1. The van der Waals surface area contributed by atoms with Gasteiger partial charge in [-0.2, -0.15) is 0 Å². The number of carbonyl (C=O) groups excluding carboxylic acids is 1. The van der Waals surface area contributed by atoms with Crippen molar-refractivity contribution in [1.82, 2.24) is 0 Å². The number of hydrogen-bond donors (Lipinski definition) is 3. The minimum absolute atomic E-state index is 0.0663. The van der Waals surface area contributed by atoms with Gasteiger partial charge in [-0.15, -0.1) is 0 Å². The van der Waals surface area contributed by atoms with Crippen LogP contribution in [0.4, 0.5) is 11.4 Å². The quantitative estimate of drug-likeness (QED) is 0.757. The highest BCUT2D eigenvalue weighted by Crippen LogP contribution is 2.21. The number of carboxylic acid groups (broad SMARTS) is 1. The molecule has 0 bridgehead atoms. The Morgan fingerprint density at radius 3 is 2.52 bits per heavy atom. The molecule has 108 valence electrons. The van der Waals surface area contributed by atoms with Gasteiger partial charge in [-0.3, -0.25) is 4.79 Å². The van der Waals surface area contributed by atoms with Crippen LogP contribution in [-0.2, 0) is 11.2 Å². The van der Waals surface area contributed by atoms with E-state index in [9.17, 15) is 9.59 Å². The van der Waals surface area contributed by atoms with E-state index in [4.69, 9.17) is 22.4 Å². The number of rotatable bonds is 4. The van der Waals surface area contributed by atoms with Crippen LogP contribution in [0.5, 0.6) is 0 Å². The first-order valence-corrected chi connectivity index (χ1v) is 6.51. The average molecular weight is 305 g/mol. The van der Waals surface area contributed by atoms with Crippen LogP contribution in [-0.4, -0.2) is 17.0 Å². The van der Waals surface area contributed by atoms with Gasteiger partial charge in [0.15, 0.2) is 0 Å². The van der Waals surface area contributed by atoms with Crippen LogP contribution in [0.15, 0.2) is 42.5 Å². The molecule has 6 heteroatoms. The molecule has 0 saturated heterocycles. The van der Waals surface area contributed by atoms with Crippen LogP contribution in [0, 0.1) is 0 Å². The third-order valence-electron chi connectivity index (χ3n) is 2.88. The lowest BCUT2D eigenvalue weighted by atomic mass is 10.1. The second-order valence-electron chi connectivity index (χ2n) is 4.42. The molecule has 4 N–H and O–H groups in total. The van der Waals surface area contributed by atoms with Crippen molar-refractivity contribution in [2.45, 2.75) is 6.42 Å². The van der Waals surface area contributed by atoms with E-state index in [1.165, 1.54) is 18.2 Å². The second kappa shape index (κ2) is 6.28. The van der Waals surface area contributed by atoms with Crippen molar-refractivity contribution >= 4 is 34.9 Å². The SMILES string of the molecule is Nc1cc(C(=O)O)ccc1NC(=O)Cc1ccccc1Cl. The number of carboxylic acids is 1. The van der Waals surface area contributed by atoms with Crippen LogP contribution in [0.1, 0.15) is 15.9 Å². The Morgan fingerprint density at radius 1 is 1.19 bits per heavy atom. The number of nitrogen functional groups attached to an aromatic ring is 1. The second-order valence-corrected chi connectivity index (χ2v) is 4.83. The van der Waals surface area contributed by atoms with Crippen molar-refractivity contribution in [3.05, 3.63) is 58.6 Å². The van der Waals surface area contributed by atoms with Crippen molar-refractivity contribution in [3.8, 4) is 0 Å². The van der Waals surface area contributed by atoms with Crippen molar-refractivity contribution < 1.29 is 14.7 Å². The molecule has 21 heavy (non-hydrogen) atoms. The van der Waals surface area contributed by atoms with E-state index in [1.54, 1.807) is 24.3 Å². The predicted molar refractivity (Wildman–Crippen MR) is 81.6 cm³/mol. The predicted octanol–water partition coefficient (Wildman–Crippen LogP) is 2.80. The Bertz CT molecular complexity index is 701. The molecule has 5 nitrogen and oxygen atoms in total. The zero-order chi connectivity index (χ0) is 15.4.